The zero-order valence-corrected chi connectivity index (χ0v) is 18.3. The van der Waals surface area contributed by atoms with Crippen molar-refractivity contribution in [1.82, 2.24) is 9.62 Å². The number of sulfonamides is 1. The summed E-state index contributed by atoms with van der Waals surface area (Å²) < 4.78 is 32.7. The van der Waals surface area contributed by atoms with E-state index < -0.39 is 10.0 Å². The lowest BCUT2D eigenvalue weighted by Gasteiger charge is -2.33. The largest absolute Gasteiger partial charge is 0.494 e. The van der Waals surface area contributed by atoms with Gasteiger partial charge in [0.1, 0.15) is 5.75 Å². The molecule has 0 aromatic heterocycles. The maximum Gasteiger partial charge on any atom is 0.275 e. The van der Waals surface area contributed by atoms with Gasteiger partial charge in [-0.05, 0) is 49.9 Å². The van der Waals surface area contributed by atoms with E-state index in [-0.39, 0.29) is 16.8 Å². The van der Waals surface area contributed by atoms with E-state index in [0.717, 1.165) is 11.3 Å². The summed E-state index contributed by atoms with van der Waals surface area (Å²) in [4.78, 5) is 13.9. The smallest absolute Gasteiger partial charge is 0.275 e. The Labute approximate surface area is 174 Å². The Kier molecular flexibility index (Phi) is 7.54. The molecule has 7 nitrogen and oxygen atoms in total. The molecule has 0 radical (unpaired) electrons. The molecule has 2 atom stereocenters. The summed E-state index contributed by atoms with van der Waals surface area (Å²) in [5.74, 6) is 1.29. The Morgan fingerprint density at radius 3 is 2.45 bits per heavy atom. The number of rotatable bonds is 7. The van der Waals surface area contributed by atoms with Crippen LogP contribution >= 0.6 is 0 Å². The maximum atomic E-state index is 12.9. The quantitative estimate of drug-likeness (QED) is 0.674. The number of nitrogens with one attached hydrogen (secondary N) is 2. The van der Waals surface area contributed by atoms with Crippen molar-refractivity contribution in [2.45, 2.75) is 50.5 Å². The van der Waals surface area contributed by atoms with Crippen molar-refractivity contribution in [1.29, 1.82) is 0 Å². The van der Waals surface area contributed by atoms with Crippen LogP contribution in [0.2, 0.25) is 0 Å². The van der Waals surface area contributed by atoms with Crippen LogP contribution in [0.1, 0.15) is 39.5 Å². The number of hydrogen-bond acceptors (Lipinski definition) is 4. The van der Waals surface area contributed by atoms with Crippen LogP contribution in [0.25, 0.3) is 0 Å². The third kappa shape index (κ3) is 5.71. The molecule has 2 N–H and O–H groups in total. The molecule has 2 fully saturated rings. The van der Waals surface area contributed by atoms with Gasteiger partial charge in [0.05, 0.1) is 37.7 Å². The number of piperazine rings is 1. The lowest BCUT2D eigenvalue weighted by Crippen LogP contribution is -3.15. The van der Waals surface area contributed by atoms with Crippen molar-refractivity contribution < 1.29 is 22.8 Å². The number of amides is 1. The number of quaternary nitrogens is 1. The molecule has 2 aliphatic rings. The van der Waals surface area contributed by atoms with Gasteiger partial charge in [0, 0.05) is 6.04 Å². The third-order valence-electron chi connectivity index (χ3n) is 6.07. The number of carbonyl (C=O) groups is 1. The molecule has 0 spiro atoms. The molecule has 0 bridgehead atoms. The minimum Gasteiger partial charge on any atom is -0.494 e. The van der Waals surface area contributed by atoms with Crippen LogP contribution in [0.4, 0.5) is 0 Å². The van der Waals surface area contributed by atoms with Gasteiger partial charge in [0.15, 0.2) is 6.54 Å². The summed E-state index contributed by atoms with van der Waals surface area (Å²) in [6.07, 6.45) is 4.68. The Morgan fingerprint density at radius 1 is 1.17 bits per heavy atom. The van der Waals surface area contributed by atoms with E-state index in [1.807, 2.05) is 6.92 Å². The van der Waals surface area contributed by atoms with Gasteiger partial charge < -0.3 is 15.0 Å². The molecule has 0 unspecified atom stereocenters. The Bertz CT molecular complexity index is 774. The van der Waals surface area contributed by atoms with Crippen molar-refractivity contribution in [3.8, 4) is 5.75 Å². The van der Waals surface area contributed by atoms with E-state index >= 15 is 0 Å². The van der Waals surface area contributed by atoms with Gasteiger partial charge in [-0.3, -0.25) is 4.79 Å². The molecule has 8 heteroatoms. The van der Waals surface area contributed by atoms with E-state index in [1.54, 1.807) is 24.3 Å². The van der Waals surface area contributed by atoms with Gasteiger partial charge in [-0.15, -0.1) is 0 Å². The van der Waals surface area contributed by atoms with Crippen LogP contribution in [-0.2, 0) is 14.8 Å². The summed E-state index contributed by atoms with van der Waals surface area (Å²) in [7, 11) is -3.51. The normalized spacial score (nSPS) is 24.2. The predicted octanol–water partition coefficient (Wildman–Crippen LogP) is 0.669. The fourth-order valence-corrected chi connectivity index (χ4v) is 5.70. The van der Waals surface area contributed by atoms with Crippen molar-refractivity contribution in [2.75, 3.05) is 39.3 Å². The highest BCUT2D eigenvalue weighted by atomic mass is 32.2. The van der Waals surface area contributed by atoms with Crippen LogP contribution < -0.4 is 15.0 Å². The first-order chi connectivity index (χ1) is 13.9. The Balaban J connectivity index is 1.49. The summed E-state index contributed by atoms with van der Waals surface area (Å²) >= 11 is 0. The van der Waals surface area contributed by atoms with Gasteiger partial charge in [0.2, 0.25) is 10.0 Å². The molecule has 1 saturated heterocycles. The fourth-order valence-electron chi connectivity index (χ4n) is 4.26. The molecule has 29 heavy (non-hydrogen) atoms. The van der Waals surface area contributed by atoms with E-state index in [9.17, 15) is 13.2 Å². The van der Waals surface area contributed by atoms with E-state index in [1.165, 1.54) is 23.6 Å². The van der Waals surface area contributed by atoms with Gasteiger partial charge in [-0.25, -0.2) is 8.42 Å². The molecule has 1 aromatic carbocycles. The number of ether oxygens (including phenoxy) is 1. The van der Waals surface area contributed by atoms with E-state index in [2.05, 4.69) is 12.2 Å². The number of hydrogen-bond donors (Lipinski definition) is 2. The van der Waals surface area contributed by atoms with Crippen molar-refractivity contribution in [3.63, 3.8) is 0 Å². The van der Waals surface area contributed by atoms with Crippen molar-refractivity contribution in [3.05, 3.63) is 24.3 Å². The third-order valence-corrected chi connectivity index (χ3v) is 7.98. The average Bonchev–Trinajstić information content (AvgIpc) is 2.71. The highest BCUT2D eigenvalue weighted by Gasteiger charge is 2.32. The Hall–Kier alpha value is -1.64. The van der Waals surface area contributed by atoms with E-state index in [0.29, 0.717) is 51.0 Å². The summed E-state index contributed by atoms with van der Waals surface area (Å²) in [6.45, 7) is 7.21. The second-order valence-corrected chi connectivity index (χ2v) is 10.1. The first-order valence-corrected chi connectivity index (χ1v) is 12.2. The summed E-state index contributed by atoms with van der Waals surface area (Å²) in [6, 6.07) is 6.86. The minimum atomic E-state index is -3.51. The van der Waals surface area contributed by atoms with Gasteiger partial charge in [0.25, 0.3) is 5.91 Å². The number of carbonyl (C=O) groups excluding carboxylic acids is 1. The first-order valence-electron chi connectivity index (χ1n) is 10.8. The molecule has 1 amide bonds. The molecule has 1 heterocycles. The van der Waals surface area contributed by atoms with Crippen LogP contribution in [0.3, 0.4) is 0 Å². The zero-order valence-electron chi connectivity index (χ0n) is 17.5. The second kappa shape index (κ2) is 9.91. The highest BCUT2D eigenvalue weighted by Crippen LogP contribution is 2.23. The fraction of sp³-hybridized carbons (Fsp3) is 0.667. The molecular weight excluding hydrogens is 390 g/mol. The standard InChI is InChI=1S/C21H33N3O4S/c1-3-28-18-8-10-19(11-9-18)29(26,27)24-14-12-23(13-15-24)16-21(25)22-20-7-5-4-6-17(20)2/h8-11,17,20H,3-7,12-16H2,1-2H3,(H,22,25)/p+1/t17-,20-/m1/s1. The van der Waals surface area contributed by atoms with Crippen LogP contribution in [0, 0.1) is 5.92 Å². The minimum absolute atomic E-state index is 0.0848. The van der Waals surface area contributed by atoms with Gasteiger partial charge in [-0.1, -0.05) is 19.8 Å². The number of nitrogens with zero attached hydrogens (tertiary/aromatic N) is 1. The molecule has 1 aliphatic carbocycles. The lowest BCUT2D eigenvalue weighted by molar-refractivity contribution is -0.895. The molecule has 3 rings (SSSR count). The van der Waals surface area contributed by atoms with E-state index in [4.69, 9.17) is 4.74 Å². The molecule has 162 valence electrons. The molecule has 1 aliphatic heterocycles. The lowest BCUT2D eigenvalue weighted by atomic mass is 9.86. The molecular formula is C21H34N3O4S+. The first kappa shape index (κ1) is 22.1. The van der Waals surface area contributed by atoms with Crippen LogP contribution in [0.15, 0.2) is 29.2 Å². The Morgan fingerprint density at radius 2 is 1.83 bits per heavy atom. The van der Waals surface area contributed by atoms with Crippen LogP contribution in [0.5, 0.6) is 5.75 Å². The SMILES string of the molecule is CCOc1ccc(S(=O)(=O)N2CC[NH+](CC(=O)N[C@@H]3CCCC[C@H]3C)CC2)cc1. The van der Waals surface area contributed by atoms with Gasteiger partial charge in [-0.2, -0.15) is 4.31 Å². The van der Waals surface area contributed by atoms with Crippen LogP contribution in [-0.4, -0.2) is 64.0 Å². The van der Waals surface area contributed by atoms with Crippen molar-refractivity contribution >= 4 is 15.9 Å². The second-order valence-electron chi connectivity index (χ2n) is 8.17. The molecule has 1 aromatic rings. The highest BCUT2D eigenvalue weighted by molar-refractivity contribution is 7.89. The monoisotopic (exact) mass is 424 g/mol. The maximum absolute atomic E-state index is 12.9. The van der Waals surface area contributed by atoms with Gasteiger partial charge >= 0.3 is 0 Å². The average molecular weight is 425 g/mol. The summed E-state index contributed by atoms with van der Waals surface area (Å²) in [5.41, 5.74) is 0. The topological polar surface area (TPSA) is 80.2 Å². The van der Waals surface area contributed by atoms with Crippen molar-refractivity contribution in [2.24, 2.45) is 5.92 Å². The molecule has 1 saturated carbocycles. The number of benzene rings is 1. The zero-order chi connectivity index (χ0) is 20.9. The summed E-state index contributed by atoms with van der Waals surface area (Å²) in [5, 5.41) is 3.20. The predicted molar refractivity (Wildman–Crippen MR) is 111 cm³/mol.